The molecule has 1 heterocycles. The van der Waals surface area contributed by atoms with Gasteiger partial charge in [0.05, 0.1) is 5.92 Å². The first-order valence-electron chi connectivity index (χ1n) is 11.0. The highest BCUT2D eigenvalue weighted by Gasteiger charge is 2.79. The molecule has 0 amide bonds. The maximum atomic E-state index is 12.4. The van der Waals surface area contributed by atoms with E-state index >= 15 is 0 Å². The standard InChI is InChI=1S/C24H30O3/c1-13-12-24(27-21(13)26)19-11-17(19)20-16-5-4-14-10-15(25)6-8-22(14,2)18(16)7-9-23(20,24)3/h4-5,10,13,16-20H,6-9,11-12H2,1-3H3/t13?,16-,17-,18+,19+,20-,22+,23+,24+/m1/s1. The van der Waals surface area contributed by atoms with Crippen LogP contribution in [0.3, 0.4) is 0 Å². The summed E-state index contributed by atoms with van der Waals surface area (Å²) in [5.41, 5.74) is 1.34. The van der Waals surface area contributed by atoms with Crippen molar-refractivity contribution in [1.29, 1.82) is 0 Å². The zero-order valence-electron chi connectivity index (χ0n) is 16.7. The topological polar surface area (TPSA) is 43.4 Å². The number of fused-ring (bicyclic) bond motifs is 9. The number of hydrogen-bond donors (Lipinski definition) is 0. The van der Waals surface area contributed by atoms with Gasteiger partial charge in [0.1, 0.15) is 5.60 Å². The molecule has 9 atom stereocenters. The SMILES string of the molecule is CC1C[C@]2(OC1=O)[C@H]1C[C@H]1[C@H]1[C@@H]3C=CC4=CC(=O)CC[C@]4(C)[C@H]3CC[C@@]12C. The van der Waals surface area contributed by atoms with Gasteiger partial charge in [0.15, 0.2) is 5.78 Å². The fraction of sp³-hybridized carbons (Fsp3) is 0.750. The number of esters is 1. The lowest BCUT2D eigenvalue weighted by Gasteiger charge is -2.58. The van der Waals surface area contributed by atoms with E-state index in [1.54, 1.807) is 0 Å². The van der Waals surface area contributed by atoms with Gasteiger partial charge in [-0.05, 0) is 66.4 Å². The number of hydrogen-bond acceptors (Lipinski definition) is 3. The minimum Gasteiger partial charge on any atom is -0.458 e. The Morgan fingerprint density at radius 2 is 1.96 bits per heavy atom. The Morgan fingerprint density at radius 1 is 1.15 bits per heavy atom. The zero-order valence-corrected chi connectivity index (χ0v) is 16.7. The molecule has 0 radical (unpaired) electrons. The highest BCUT2D eigenvalue weighted by molar-refractivity contribution is 5.92. The maximum absolute atomic E-state index is 12.4. The van der Waals surface area contributed by atoms with Crippen molar-refractivity contribution >= 4 is 11.8 Å². The molecule has 1 unspecified atom stereocenters. The Bertz CT molecular complexity index is 823. The van der Waals surface area contributed by atoms with Crippen LogP contribution < -0.4 is 0 Å². The maximum Gasteiger partial charge on any atom is 0.309 e. The fourth-order valence-electron chi connectivity index (χ4n) is 8.54. The van der Waals surface area contributed by atoms with E-state index in [9.17, 15) is 9.59 Å². The lowest BCUT2D eigenvalue weighted by molar-refractivity contribution is -0.173. The van der Waals surface area contributed by atoms with E-state index in [0.29, 0.717) is 35.9 Å². The van der Waals surface area contributed by atoms with E-state index < -0.39 is 0 Å². The van der Waals surface area contributed by atoms with Crippen molar-refractivity contribution in [3.8, 4) is 0 Å². The molecule has 1 saturated heterocycles. The molecule has 0 N–H and O–H groups in total. The summed E-state index contributed by atoms with van der Waals surface area (Å²) in [6, 6.07) is 0. The van der Waals surface area contributed by atoms with Crippen LogP contribution in [-0.2, 0) is 14.3 Å². The lowest BCUT2D eigenvalue weighted by Crippen LogP contribution is -2.56. The Morgan fingerprint density at radius 3 is 2.70 bits per heavy atom. The minimum atomic E-state index is -0.197. The van der Waals surface area contributed by atoms with E-state index in [0.717, 1.165) is 25.2 Å². The van der Waals surface area contributed by atoms with E-state index in [1.807, 2.05) is 6.08 Å². The molecule has 5 aliphatic carbocycles. The van der Waals surface area contributed by atoms with Gasteiger partial charge in [0.25, 0.3) is 0 Å². The molecule has 3 saturated carbocycles. The van der Waals surface area contributed by atoms with E-state index in [2.05, 4.69) is 32.9 Å². The van der Waals surface area contributed by atoms with Gasteiger partial charge < -0.3 is 4.74 Å². The summed E-state index contributed by atoms with van der Waals surface area (Å²) >= 11 is 0. The Labute approximate surface area is 161 Å². The van der Waals surface area contributed by atoms with Crippen LogP contribution >= 0.6 is 0 Å². The third-order valence-corrected chi connectivity index (χ3v) is 9.93. The van der Waals surface area contributed by atoms with E-state index in [4.69, 9.17) is 4.74 Å². The number of carbonyl (C=O) groups is 2. The van der Waals surface area contributed by atoms with Crippen LogP contribution in [0.25, 0.3) is 0 Å². The first kappa shape index (κ1) is 16.6. The van der Waals surface area contributed by atoms with Gasteiger partial charge in [-0.1, -0.05) is 32.9 Å². The van der Waals surface area contributed by atoms with Crippen molar-refractivity contribution in [3.05, 3.63) is 23.8 Å². The summed E-state index contributed by atoms with van der Waals surface area (Å²) in [6.45, 7) is 6.90. The number of allylic oxidation sites excluding steroid dienone is 4. The van der Waals surface area contributed by atoms with Gasteiger partial charge in [0, 0.05) is 24.2 Å². The average Bonchev–Trinajstić information content (AvgIpc) is 3.30. The molecule has 0 bridgehead atoms. The predicted octanol–water partition coefficient (Wildman–Crippen LogP) is 4.47. The van der Waals surface area contributed by atoms with Crippen molar-refractivity contribution in [3.63, 3.8) is 0 Å². The smallest absolute Gasteiger partial charge is 0.309 e. The quantitative estimate of drug-likeness (QED) is 0.594. The van der Waals surface area contributed by atoms with Gasteiger partial charge in [-0.3, -0.25) is 9.59 Å². The summed E-state index contributed by atoms with van der Waals surface area (Å²) in [6.07, 6.45) is 12.9. The Hall–Kier alpha value is -1.38. The fourth-order valence-corrected chi connectivity index (χ4v) is 8.54. The number of ketones is 1. The highest BCUT2D eigenvalue weighted by atomic mass is 16.6. The Kier molecular flexibility index (Phi) is 2.93. The molecule has 4 fully saturated rings. The molecule has 6 rings (SSSR count). The van der Waals surface area contributed by atoms with Crippen LogP contribution in [0.4, 0.5) is 0 Å². The summed E-state index contributed by atoms with van der Waals surface area (Å²) < 4.78 is 6.25. The monoisotopic (exact) mass is 366 g/mol. The summed E-state index contributed by atoms with van der Waals surface area (Å²) in [4.78, 5) is 24.4. The molecule has 1 spiro atoms. The molecule has 0 aromatic carbocycles. The lowest BCUT2D eigenvalue weighted by atomic mass is 9.47. The van der Waals surface area contributed by atoms with Gasteiger partial charge in [-0.15, -0.1) is 0 Å². The van der Waals surface area contributed by atoms with Crippen LogP contribution in [-0.4, -0.2) is 17.4 Å². The second-order valence-corrected chi connectivity index (χ2v) is 10.9. The van der Waals surface area contributed by atoms with Crippen LogP contribution in [0.2, 0.25) is 0 Å². The molecular formula is C24H30O3. The third kappa shape index (κ3) is 1.76. The molecule has 0 aromatic rings. The molecule has 3 nitrogen and oxygen atoms in total. The van der Waals surface area contributed by atoms with Crippen LogP contribution in [0.15, 0.2) is 23.8 Å². The third-order valence-electron chi connectivity index (χ3n) is 9.93. The van der Waals surface area contributed by atoms with Gasteiger partial charge in [0.2, 0.25) is 0 Å². The first-order valence-corrected chi connectivity index (χ1v) is 11.0. The molecule has 144 valence electrons. The molecule has 6 aliphatic rings. The summed E-state index contributed by atoms with van der Waals surface area (Å²) in [5.74, 6) is 3.53. The summed E-state index contributed by atoms with van der Waals surface area (Å²) in [5, 5.41) is 0. The van der Waals surface area contributed by atoms with Crippen molar-refractivity contribution in [2.24, 2.45) is 46.3 Å². The van der Waals surface area contributed by atoms with Crippen LogP contribution in [0.5, 0.6) is 0 Å². The van der Waals surface area contributed by atoms with Crippen molar-refractivity contribution in [2.45, 2.75) is 64.9 Å². The molecular weight excluding hydrogens is 336 g/mol. The second-order valence-electron chi connectivity index (χ2n) is 10.9. The summed E-state index contributed by atoms with van der Waals surface area (Å²) in [7, 11) is 0. The highest BCUT2D eigenvalue weighted by Crippen LogP contribution is 2.79. The molecule has 27 heavy (non-hydrogen) atoms. The van der Waals surface area contributed by atoms with Gasteiger partial charge >= 0.3 is 5.97 Å². The molecule has 1 aliphatic heterocycles. The molecule has 3 heteroatoms. The van der Waals surface area contributed by atoms with E-state index in [-0.39, 0.29) is 28.3 Å². The van der Waals surface area contributed by atoms with Crippen LogP contribution in [0.1, 0.15) is 59.3 Å². The van der Waals surface area contributed by atoms with Crippen LogP contribution in [0, 0.1) is 46.3 Å². The van der Waals surface area contributed by atoms with Crippen molar-refractivity contribution < 1.29 is 14.3 Å². The Balaban J connectivity index is 1.43. The number of ether oxygens (including phenoxy) is 1. The van der Waals surface area contributed by atoms with Crippen molar-refractivity contribution in [2.75, 3.05) is 0 Å². The normalized spacial score (nSPS) is 57.5. The van der Waals surface area contributed by atoms with Crippen molar-refractivity contribution in [1.82, 2.24) is 0 Å². The van der Waals surface area contributed by atoms with Gasteiger partial charge in [-0.25, -0.2) is 0 Å². The average molecular weight is 367 g/mol. The first-order chi connectivity index (χ1) is 12.8. The van der Waals surface area contributed by atoms with E-state index in [1.165, 1.54) is 18.4 Å². The second kappa shape index (κ2) is 4.78. The number of carbonyl (C=O) groups excluding carboxylic acids is 2. The molecule has 0 aromatic heterocycles. The zero-order chi connectivity index (χ0) is 18.8. The predicted molar refractivity (Wildman–Crippen MR) is 102 cm³/mol. The number of rotatable bonds is 0. The largest absolute Gasteiger partial charge is 0.458 e. The minimum absolute atomic E-state index is 0.0341. The van der Waals surface area contributed by atoms with Gasteiger partial charge in [-0.2, -0.15) is 0 Å².